The van der Waals surface area contributed by atoms with Crippen LogP contribution in [0.15, 0.2) is 40.5 Å². The summed E-state index contributed by atoms with van der Waals surface area (Å²) < 4.78 is 80.3. The van der Waals surface area contributed by atoms with E-state index in [2.05, 4.69) is 11.6 Å². The summed E-state index contributed by atoms with van der Waals surface area (Å²) in [5, 5.41) is -0.471. The predicted octanol–water partition coefficient (Wildman–Crippen LogP) is 4.97. The monoisotopic (exact) mass is 612 g/mol. The van der Waals surface area contributed by atoms with Gasteiger partial charge in [0, 0.05) is 71.4 Å². The summed E-state index contributed by atoms with van der Waals surface area (Å²) in [6.45, 7) is 5.16. The van der Waals surface area contributed by atoms with Crippen molar-refractivity contribution in [2.75, 3.05) is 50.0 Å². The van der Waals surface area contributed by atoms with Crippen LogP contribution < -0.4 is 10.6 Å². The first-order valence-electron chi connectivity index (χ1n) is 12.6. The van der Waals surface area contributed by atoms with E-state index in [-0.39, 0.29) is 60.2 Å². The Kier molecular flexibility index (Phi) is 6.82. The Bertz CT molecular complexity index is 1670. The second kappa shape index (κ2) is 9.99. The van der Waals surface area contributed by atoms with Gasteiger partial charge in [-0.2, -0.15) is 18.2 Å². The molecule has 0 unspecified atom stereocenters. The van der Waals surface area contributed by atoms with Crippen LogP contribution in [-0.2, 0) is 22.3 Å². The van der Waals surface area contributed by atoms with Gasteiger partial charge in [0.25, 0.3) is 0 Å². The van der Waals surface area contributed by atoms with E-state index in [1.165, 1.54) is 10.6 Å². The van der Waals surface area contributed by atoms with Crippen molar-refractivity contribution in [1.29, 1.82) is 0 Å². The number of nitrogens with zero attached hydrogens (tertiary/aromatic N) is 4. The van der Waals surface area contributed by atoms with Crippen LogP contribution in [0.1, 0.15) is 5.56 Å². The summed E-state index contributed by atoms with van der Waals surface area (Å²) in [6.07, 6.45) is -3.77. The van der Waals surface area contributed by atoms with Gasteiger partial charge >= 0.3 is 11.9 Å². The molecule has 0 atom stereocenters. The van der Waals surface area contributed by atoms with Crippen LogP contribution in [0.5, 0.6) is 0 Å². The fraction of sp³-hybridized carbons (Fsp3) is 0.370. The number of halogens is 6. The molecule has 3 aromatic rings. The summed E-state index contributed by atoms with van der Waals surface area (Å²) in [5.74, 6) is -2.26. The number of anilines is 1. The molecule has 4 heterocycles. The maximum atomic E-state index is 15.2. The summed E-state index contributed by atoms with van der Waals surface area (Å²) in [7, 11) is 0. The minimum Gasteiger partial charge on any atom is -0.380 e. The molecule has 3 aliphatic rings. The fourth-order valence-corrected chi connectivity index (χ4v) is 7.16. The van der Waals surface area contributed by atoms with E-state index >= 15 is 4.39 Å². The van der Waals surface area contributed by atoms with Crippen molar-refractivity contribution >= 4 is 46.0 Å². The van der Waals surface area contributed by atoms with Gasteiger partial charge in [0.2, 0.25) is 5.91 Å². The van der Waals surface area contributed by atoms with Gasteiger partial charge in [0.15, 0.2) is 0 Å². The Morgan fingerprint density at radius 1 is 1.12 bits per heavy atom. The predicted molar refractivity (Wildman–Crippen MR) is 144 cm³/mol. The van der Waals surface area contributed by atoms with Crippen molar-refractivity contribution in [3.63, 3.8) is 0 Å². The number of aromatic nitrogens is 2. The number of ether oxygens (including phenoxy) is 1. The second-order valence-corrected chi connectivity index (χ2v) is 11.8. The number of amides is 1. The van der Waals surface area contributed by atoms with Crippen molar-refractivity contribution in [2.45, 2.75) is 17.6 Å². The minimum absolute atomic E-state index is 0.0291. The SMILES string of the molecule is C=CC(=O)N1CCN(c2nc(=O)n3c4c(c(-c5cc(Cl)c(F)cc5F)c(C(F)(F)F)cc24)SCC2(COC2)C3)CC1. The number of benzene rings is 2. The van der Waals surface area contributed by atoms with E-state index in [9.17, 15) is 27.2 Å². The second-order valence-electron chi connectivity index (χ2n) is 10.4. The molecule has 6 rings (SSSR count). The molecular formula is C27H22ClF5N4O3S. The molecule has 0 N–H and O–H groups in total. The van der Waals surface area contributed by atoms with Crippen LogP contribution in [0.25, 0.3) is 22.0 Å². The first-order valence-corrected chi connectivity index (χ1v) is 14.0. The van der Waals surface area contributed by atoms with Gasteiger partial charge in [-0.25, -0.2) is 13.6 Å². The van der Waals surface area contributed by atoms with Gasteiger partial charge in [0.05, 0.1) is 29.3 Å². The van der Waals surface area contributed by atoms with Crippen LogP contribution in [0.2, 0.25) is 5.02 Å². The molecule has 7 nitrogen and oxygen atoms in total. The fourth-order valence-electron chi connectivity index (χ4n) is 5.57. The topological polar surface area (TPSA) is 67.7 Å². The molecule has 2 fully saturated rings. The van der Waals surface area contributed by atoms with E-state index in [1.807, 2.05) is 0 Å². The maximum absolute atomic E-state index is 15.2. The minimum atomic E-state index is -4.95. The number of piperazine rings is 1. The molecule has 3 aliphatic heterocycles. The Labute approximate surface area is 239 Å². The number of alkyl halides is 3. The Morgan fingerprint density at radius 2 is 1.83 bits per heavy atom. The Hall–Kier alpha value is -3.16. The molecule has 2 saturated heterocycles. The van der Waals surface area contributed by atoms with Gasteiger partial charge < -0.3 is 14.5 Å². The number of carbonyl (C=O) groups excluding carboxylic acids is 1. The van der Waals surface area contributed by atoms with Gasteiger partial charge in [-0.15, -0.1) is 11.8 Å². The molecule has 1 aromatic heterocycles. The zero-order valence-electron chi connectivity index (χ0n) is 21.4. The highest BCUT2D eigenvalue weighted by atomic mass is 35.5. The smallest absolute Gasteiger partial charge is 0.380 e. The number of thioether (sulfide) groups is 1. The molecule has 1 spiro atoms. The van der Waals surface area contributed by atoms with E-state index in [0.29, 0.717) is 25.0 Å². The van der Waals surface area contributed by atoms with Crippen molar-refractivity contribution < 1.29 is 31.5 Å². The molecule has 41 heavy (non-hydrogen) atoms. The van der Waals surface area contributed by atoms with Crippen molar-refractivity contribution in [1.82, 2.24) is 14.5 Å². The Balaban J connectivity index is 1.65. The number of carbonyl (C=O) groups is 1. The molecule has 2 aromatic carbocycles. The first-order chi connectivity index (χ1) is 19.4. The van der Waals surface area contributed by atoms with Crippen LogP contribution in [0.3, 0.4) is 0 Å². The zero-order valence-corrected chi connectivity index (χ0v) is 22.9. The number of hydrogen-bond donors (Lipinski definition) is 0. The van der Waals surface area contributed by atoms with E-state index in [4.69, 9.17) is 16.3 Å². The van der Waals surface area contributed by atoms with E-state index < -0.39 is 50.6 Å². The largest absolute Gasteiger partial charge is 0.417 e. The van der Waals surface area contributed by atoms with E-state index in [0.717, 1.165) is 23.9 Å². The van der Waals surface area contributed by atoms with Gasteiger partial charge in [-0.1, -0.05) is 18.2 Å². The highest BCUT2D eigenvalue weighted by molar-refractivity contribution is 7.99. The number of hydrogen-bond acceptors (Lipinski definition) is 6. The maximum Gasteiger partial charge on any atom is 0.417 e. The van der Waals surface area contributed by atoms with Crippen LogP contribution in [-0.4, -0.2) is 65.5 Å². The van der Waals surface area contributed by atoms with Crippen molar-refractivity contribution in [3.05, 3.63) is 63.6 Å². The van der Waals surface area contributed by atoms with Crippen LogP contribution in [0.4, 0.5) is 27.8 Å². The molecule has 14 heteroatoms. The standard InChI is InChI=1S/C27H22ClF5N4O3S/c1-2-20(38)35-3-5-36(6-4-35)24-15-7-16(27(31,32)33)21(14-8-17(28)19(30)9-18(14)29)23-22(15)37(25(39)34-24)10-26(13-41-23)11-40-12-26/h2,7-9H,1,3-6,10-13H2. The molecule has 0 aliphatic carbocycles. The lowest BCUT2D eigenvalue weighted by Gasteiger charge is -2.40. The molecule has 0 radical (unpaired) electrons. The highest BCUT2D eigenvalue weighted by Gasteiger charge is 2.45. The van der Waals surface area contributed by atoms with Crippen molar-refractivity contribution in [2.24, 2.45) is 5.41 Å². The highest BCUT2D eigenvalue weighted by Crippen LogP contribution is 2.51. The van der Waals surface area contributed by atoms with Gasteiger partial charge in [-0.3, -0.25) is 9.36 Å². The third-order valence-electron chi connectivity index (χ3n) is 7.68. The third-order valence-corrected chi connectivity index (χ3v) is 9.41. The number of rotatable bonds is 3. The molecule has 0 bridgehead atoms. The van der Waals surface area contributed by atoms with Gasteiger partial charge in [-0.05, 0) is 18.2 Å². The molecule has 1 amide bonds. The van der Waals surface area contributed by atoms with Crippen molar-refractivity contribution in [3.8, 4) is 11.1 Å². The quantitative estimate of drug-likeness (QED) is 0.236. The molecular weight excluding hydrogens is 591 g/mol. The average molecular weight is 613 g/mol. The summed E-state index contributed by atoms with van der Waals surface area (Å²) in [5.41, 5.74) is -3.23. The summed E-state index contributed by atoms with van der Waals surface area (Å²) in [6, 6.07) is 2.17. The average Bonchev–Trinajstić information content (AvgIpc) is 3.11. The lowest BCUT2D eigenvalue weighted by molar-refractivity contribution is -0.137. The lowest BCUT2D eigenvalue weighted by atomic mass is 9.88. The molecule has 0 saturated carbocycles. The first kappa shape index (κ1) is 28.0. The normalized spacial score (nSPS) is 18.4. The van der Waals surface area contributed by atoms with E-state index in [1.54, 1.807) is 9.80 Å². The zero-order chi connectivity index (χ0) is 29.3. The van der Waals surface area contributed by atoms with Gasteiger partial charge in [0.1, 0.15) is 17.5 Å². The van der Waals surface area contributed by atoms with Crippen LogP contribution >= 0.6 is 23.4 Å². The summed E-state index contributed by atoms with van der Waals surface area (Å²) in [4.78, 5) is 33.1. The molecule has 216 valence electrons. The van der Waals surface area contributed by atoms with Crippen LogP contribution in [0, 0.1) is 17.0 Å². The lowest BCUT2D eigenvalue weighted by Crippen LogP contribution is -2.50. The third kappa shape index (κ3) is 4.67. The summed E-state index contributed by atoms with van der Waals surface area (Å²) >= 11 is 6.99. The Morgan fingerprint density at radius 3 is 2.44 bits per heavy atom.